The Morgan fingerprint density at radius 3 is 1.00 bits per heavy atom. The average Bonchev–Trinajstić information content (AvgIpc) is 1.63. The highest BCUT2D eigenvalue weighted by atomic mass is 32.1. The monoisotopic (exact) mass is 1640 g/mol. The molecule has 0 spiro atoms. The number of carbonyl (C=O) groups excluding carboxylic acids is 1. The zero-order valence-corrected chi connectivity index (χ0v) is 72.9. The number of ether oxygens (including phenoxy) is 2. The molecule has 636 valence electrons. The van der Waals surface area contributed by atoms with Crippen LogP contribution in [-0.2, 0) is 0 Å². The summed E-state index contributed by atoms with van der Waals surface area (Å²) in [4.78, 5) is 26.6. The highest BCUT2D eigenvalue weighted by Gasteiger charge is 2.13. The fourth-order valence-corrected chi connectivity index (χ4v) is 12.0. The van der Waals surface area contributed by atoms with Crippen LogP contribution in [0.2, 0.25) is 0 Å². The zero-order valence-electron chi connectivity index (χ0n) is 66.9. The average molecular weight is 1640 g/mol. The smallest absolute Gasteiger partial charge is 0.269 e. The molecule has 0 unspecified atom stereocenters. The first-order valence-electron chi connectivity index (χ1n) is 39.9. The van der Waals surface area contributed by atoms with E-state index in [2.05, 4.69) is 119 Å². The van der Waals surface area contributed by atoms with Gasteiger partial charge in [0.2, 0.25) is 0 Å². The summed E-state index contributed by atoms with van der Waals surface area (Å²) in [6.45, 7) is 22.7. The predicted molar refractivity (Wildman–Crippen MR) is 524 cm³/mol. The standard InChI is InChI=1S/C27H46N2.C26H35NO.C20H31NO.C16H25NO3.4CH4.6H2S.4H2/c1-3-5-7-9-11-13-15-17-23-29(27-21-19-26(25-28)20-22-27)24-18-16-14-12-10-8-6-4-2;1-4-6-8-20-27(21-9-7-5-2)26-18-14-24(15-19-26)11-10-23-12-16-25(17-13-23)22(3)28;1-3-5-7-9-11-19(12-10-8-6-4-2)22-20-15-13-18(17-21)14-16-20;1-2-3-4-5-6-7-8-9-14-20-16-12-10-15(11-13-16)17(18)19;;;;;;;;;;;;;;/h19-22H,3-18,23-24H2,1-2H3;10-19H,4-9,20-21H2,1-3H3;13-16,19H,3-12H2,1-2H3;10-13H,2-9,14H2,1H3;4*1H4;6*1H2;4*1H/b;11-10+;;;;;;;;;;;;;;;;/i;;;;;;;;;;;;;;4*1+1. The Bertz CT molecular complexity index is 2820. The molecular formula is C93H173N5O5S6. The van der Waals surface area contributed by atoms with E-state index in [0.717, 1.165) is 67.9 Å². The van der Waals surface area contributed by atoms with E-state index in [1.54, 1.807) is 19.1 Å². The molecule has 0 amide bonds. The van der Waals surface area contributed by atoms with Gasteiger partial charge in [-0.05, 0) is 149 Å². The van der Waals surface area contributed by atoms with Crippen LogP contribution < -0.4 is 19.3 Å². The van der Waals surface area contributed by atoms with Gasteiger partial charge < -0.3 is 19.3 Å². The number of rotatable bonds is 54. The Labute approximate surface area is 719 Å². The number of benzene rings is 5. The van der Waals surface area contributed by atoms with Crippen molar-refractivity contribution in [2.24, 2.45) is 0 Å². The van der Waals surface area contributed by atoms with E-state index < -0.39 is 4.92 Å². The first kappa shape index (κ1) is 122. The van der Waals surface area contributed by atoms with E-state index in [1.807, 2.05) is 60.7 Å². The lowest BCUT2D eigenvalue weighted by molar-refractivity contribution is -0.384. The summed E-state index contributed by atoms with van der Waals surface area (Å²) < 4.78 is 11.7. The third kappa shape index (κ3) is 65.3. The van der Waals surface area contributed by atoms with Crippen LogP contribution in [0.15, 0.2) is 121 Å². The third-order valence-corrected chi connectivity index (χ3v) is 18.4. The van der Waals surface area contributed by atoms with Crippen molar-refractivity contribution in [3.05, 3.63) is 159 Å². The number of anilines is 2. The second kappa shape index (κ2) is 87.2. The number of carbonyl (C=O) groups is 1. The van der Waals surface area contributed by atoms with E-state index in [9.17, 15) is 14.9 Å². The van der Waals surface area contributed by atoms with Gasteiger partial charge in [-0.1, -0.05) is 326 Å². The normalized spacial score (nSPS) is 9.79. The van der Waals surface area contributed by atoms with Crippen molar-refractivity contribution < 1.29 is 24.9 Å². The predicted octanol–water partition coefficient (Wildman–Crippen LogP) is 31.5. The highest BCUT2D eigenvalue weighted by molar-refractivity contribution is 7.60. The van der Waals surface area contributed by atoms with Crippen LogP contribution in [0.1, 0.15) is 380 Å². The van der Waals surface area contributed by atoms with Gasteiger partial charge in [0.15, 0.2) is 5.78 Å². The van der Waals surface area contributed by atoms with Gasteiger partial charge in [0, 0.05) is 61.0 Å². The van der Waals surface area contributed by atoms with Crippen molar-refractivity contribution in [2.75, 3.05) is 42.6 Å². The van der Waals surface area contributed by atoms with Gasteiger partial charge in [-0.15, -0.1) is 0 Å². The van der Waals surface area contributed by atoms with Crippen molar-refractivity contribution in [2.45, 2.75) is 348 Å². The lowest BCUT2D eigenvalue weighted by atomic mass is 10.0. The van der Waals surface area contributed by atoms with Crippen molar-refractivity contribution in [1.82, 2.24) is 0 Å². The third-order valence-electron chi connectivity index (χ3n) is 18.4. The molecule has 10 nitrogen and oxygen atoms in total. The van der Waals surface area contributed by atoms with Gasteiger partial charge in [0.25, 0.3) is 5.69 Å². The maximum absolute atomic E-state index is 11.4. The molecule has 0 fully saturated rings. The summed E-state index contributed by atoms with van der Waals surface area (Å²) in [5.41, 5.74) is 7.22. The topological polar surface area (TPSA) is 133 Å². The fraction of sp³-hybridized carbons (Fsp3) is 0.624. The van der Waals surface area contributed by atoms with Crippen LogP contribution in [0.5, 0.6) is 11.5 Å². The van der Waals surface area contributed by atoms with E-state index in [0.29, 0.717) is 24.0 Å². The number of Topliss-reactive ketones (excluding diaryl/α,β-unsaturated/α-hetero) is 1. The lowest BCUT2D eigenvalue weighted by Gasteiger charge is -2.25. The van der Waals surface area contributed by atoms with Gasteiger partial charge in [-0.25, -0.2) is 0 Å². The first-order valence-corrected chi connectivity index (χ1v) is 39.9. The quantitative estimate of drug-likeness (QED) is 0.0123. The molecule has 5 aromatic carbocycles. The summed E-state index contributed by atoms with van der Waals surface area (Å²) >= 11 is 0. The molecule has 5 rings (SSSR count). The molecule has 0 heterocycles. The Morgan fingerprint density at radius 1 is 0.394 bits per heavy atom. The number of nitrogens with zero attached hydrogens (tertiary/aromatic N) is 5. The summed E-state index contributed by atoms with van der Waals surface area (Å²) in [6, 6.07) is 43.0. The van der Waals surface area contributed by atoms with Gasteiger partial charge in [-0.2, -0.15) is 91.5 Å². The number of nitro benzene ring substituents is 1. The van der Waals surface area contributed by atoms with Crippen LogP contribution in [0, 0.1) is 32.8 Å². The Morgan fingerprint density at radius 2 is 0.670 bits per heavy atom. The summed E-state index contributed by atoms with van der Waals surface area (Å²) in [7, 11) is 0. The largest absolute Gasteiger partial charge is 0.494 e. The summed E-state index contributed by atoms with van der Waals surface area (Å²) in [6.07, 6.45) is 56.9. The van der Waals surface area contributed by atoms with Gasteiger partial charge in [-0.3, -0.25) is 14.9 Å². The molecule has 109 heavy (non-hydrogen) atoms. The van der Waals surface area contributed by atoms with Crippen LogP contribution in [-0.4, -0.2) is 49.6 Å². The Balaban J connectivity index is -0.000000104. The molecule has 0 aromatic heterocycles. The highest BCUT2D eigenvalue weighted by Crippen LogP contribution is 2.25. The molecule has 16 heteroatoms. The van der Waals surface area contributed by atoms with Crippen LogP contribution in [0.3, 0.4) is 0 Å². The molecular weight excluding hydrogens is 1460 g/mol. The van der Waals surface area contributed by atoms with Crippen molar-refractivity contribution in [1.29, 1.82) is 10.5 Å². The number of non-ortho nitro benzene ring substituents is 1. The number of unbranched alkanes of at least 4 members (excludes halogenated alkanes) is 31. The van der Waals surface area contributed by atoms with Gasteiger partial charge in [0.05, 0.1) is 40.9 Å². The van der Waals surface area contributed by atoms with E-state index in [1.165, 1.54) is 267 Å². The van der Waals surface area contributed by atoms with Crippen molar-refractivity contribution >= 4 is 116 Å². The Hall–Kier alpha value is -4.81. The second-order valence-electron chi connectivity index (χ2n) is 27.2. The van der Waals surface area contributed by atoms with Crippen LogP contribution >= 0.6 is 81.0 Å². The molecule has 0 aliphatic heterocycles. The van der Waals surface area contributed by atoms with Crippen molar-refractivity contribution in [3.63, 3.8) is 0 Å². The van der Waals surface area contributed by atoms with Crippen molar-refractivity contribution in [3.8, 4) is 23.6 Å². The number of nitriles is 2. The second-order valence-corrected chi connectivity index (χ2v) is 27.2. The molecule has 0 saturated carbocycles. The van der Waals surface area contributed by atoms with Crippen LogP contribution in [0.4, 0.5) is 17.1 Å². The first-order chi connectivity index (χ1) is 48.5. The molecule has 0 saturated heterocycles. The maximum Gasteiger partial charge on any atom is 0.269 e. The minimum absolute atomic E-state index is 0. The lowest BCUT2D eigenvalue weighted by Crippen LogP contribution is -2.25. The van der Waals surface area contributed by atoms with E-state index in [-0.39, 0.29) is 128 Å². The zero-order chi connectivity index (χ0) is 71.9. The molecule has 0 aliphatic rings. The fourth-order valence-electron chi connectivity index (χ4n) is 12.0. The molecule has 0 bridgehead atoms. The Kier molecular flexibility index (Phi) is 97.9. The van der Waals surface area contributed by atoms with Gasteiger partial charge in [0.1, 0.15) is 11.5 Å². The maximum atomic E-state index is 11.4. The van der Waals surface area contributed by atoms with E-state index >= 15 is 0 Å². The number of nitro groups is 1. The number of hydrogen-bond donors (Lipinski definition) is 0. The number of hydrogen-bond acceptors (Lipinski definition) is 9. The molecule has 0 radical (unpaired) electrons. The summed E-state index contributed by atoms with van der Waals surface area (Å²) in [5.74, 6) is 1.71. The number of ketones is 1. The van der Waals surface area contributed by atoms with Gasteiger partial charge >= 0.3 is 0 Å². The summed E-state index contributed by atoms with van der Waals surface area (Å²) in [5, 5.41) is 28.4. The minimum atomic E-state index is -0.400. The van der Waals surface area contributed by atoms with E-state index in [4.69, 9.17) is 20.0 Å². The minimum Gasteiger partial charge on any atom is -0.494 e. The molecule has 0 N–H and O–H groups in total. The SMILES string of the molecule is C.C.C.C.CCCCCCC(CCCCCC)Oc1ccc(C#N)cc1.CCCCCCCCCCN(CCCCCCCCCC)c1ccc(C#N)cc1.CCCCCCCCCCOc1ccc([N+](=O)[O-])cc1.CCCCCN(CCCCC)c1ccc(/C=C/c2ccc(C(C)=O)cc2)cc1.S.S.S.S.S.S.[2HH].[2HH].[2HH].[2HH]. The molecule has 5 aromatic rings. The molecule has 0 aliphatic carbocycles. The molecule has 0 atom stereocenters. The van der Waals surface area contributed by atoms with Crippen LogP contribution in [0.25, 0.3) is 12.2 Å².